The summed E-state index contributed by atoms with van der Waals surface area (Å²) < 4.78 is 23.2. The Kier molecular flexibility index (Phi) is 39.2. The quantitative estimate of drug-likeness (QED) is 0.0274. The number of likely N-dealkylation sites (N-methyl/N-ethyl adjacent to an activating group) is 1. The second-order valence-electron chi connectivity index (χ2n) is 17.5. The van der Waals surface area contributed by atoms with E-state index in [1.807, 2.05) is 27.2 Å². The monoisotopic (exact) mass is 825 g/mol. The van der Waals surface area contributed by atoms with Gasteiger partial charge < -0.3 is 28.8 Å². The largest absolute Gasteiger partial charge is 0.756 e. The van der Waals surface area contributed by atoms with Crippen LogP contribution >= 0.6 is 7.82 Å². The van der Waals surface area contributed by atoms with Gasteiger partial charge in [0.1, 0.15) is 13.2 Å². The van der Waals surface area contributed by atoms with Crippen molar-refractivity contribution < 1.29 is 32.9 Å². The van der Waals surface area contributed by atoms with Gasteiger partial charge in [-0.1, -0.05) is 192 Å². The van der Waals surface area contributed by atoms with Crippen LogP contribution in [0.3, 0.4) is 0 Å². The van der Waals surface area contributed by atoms with Crippen LogP contribution in [0.4, 0.5) is 0 Å². The first-order valence-corrected chi connectivity index (χ1v) is 25.3. The van der Waals surface area contributed by atoms with Gasteiger partial charge in [0.05, 0.1) is 39.9 Å². The fourth-order valence-electron chi connectivity index (χ4n) is 6.77. The van der Waals surface area contributed by atoms with Crippen LogP contribution in [0, 0.1) is 0 Å². The zero-order valence-electron chi connectivity index (χ0n) is 38.0. The molecule has 0 spiro atoms. The molecule has 0 aromatic heterocycles. The predicted octanol–water partition coefficient (Wildman–Crippen LogP) is 12.8. The Morgan fingerprint density at radius 1 is 0.614 bits per heavy atom. The van der Waals surface area contributed by atoms with Crippen LogP contribution in [0.15, 0.2) is 36.5 Å². The minimum atomic E-state index is -4.59. The number of hydrogen-bond donors (Lipinski definition) is 2. The van der Waals surface area contributed by atoms with Crippen LogP contribution in [-0.2, 0) is 18.4 Å². The third-order valence-electron chi connectivity index (χ3n) is 10.6. The first-order chi connectivity index (χ1) is 27.5. The van der Waals surface area contributed by atoms with Crippen molar-refractivity contribution in [2.24, 2.45) is 0 Å². The van der Waals surface area contributed by atoms with Crippen LogP contribution in [0.2, 0.25) is 0 Å². The maximum Gasteiger partial charge on any atom is 0.268 e. The molecule has 8 nitrogen and oxygen atoms in total. The van der Waals surface area contributed by atoms with Crippen LogP contribution < -0.4 is 10.2 Å². The molecule has 0 fully saturated rings. The fraction of sp³-hybridized carbons (Fsp3) is 0.854. The molecule has 0 saturated heterocycles. The number of rotatable bonds is 43. The maximum absolute atomic E-state index is 12.9. The normalized spacial score (nSPS) is 14.6. The molecule has 2 N–H and O–H groups in total. The number of nitrogens with one attached hydrogen (secondary N) is 1. The van der Waals surface area contributed by atoms with E-state index in [0.29, 0.717) is 17.4 Å². The standard InChI is InChI=1S/C48H93N2O6P/c1-6-8-10-12-14-16-18-20-22-23-24-25-26-28-29-31-33-35-37-39-41-47(51)46(45-56-57(53,54)55-44-43-50(3,4)5)49-48(52)42-40-38-36-34-32-30-27-21-19-17-15-13-11-9-7-2/h15,17,21,27,39,41,46-47,51H,6-14,16,18-20,22-26,28-38,40,42-45H2,1-5H3,(H-,49,52,53,54)/b17-15-,27-21-,41-39+. The molecule has 0 bridgehead atoms. The van der Waals surface area contributed by atoms with E-state index in [9.17, 15) is 19.4 Å². The van der Waals surface area contributed by atoms with E-state index in [4.69, 9.17) is 9.05 Å². The summed E-state index contributed by atoms with van der Waals surface area (Å²) in [4.78, 5) is 25.3. The van der Waals surface area contributed by atoms with Crippen molar-refractivity contribution in [3.05, 3.63) is 36.5 Å². The summed E-state index contributed by atoms with van der Waals surface area (Å²) in [5, 5.41) is 13.8. The van der Waals surface area contributed by atoms with Crippen molar-refractivity contribution in [3.8, 4) is 0 Å². The number of allylic oxidation sites excluding steroid dienone is 5. The number of quaternary nitrogens is 1. The third-order valence-corrected chi connectivity index (χ3v) is 11.6. The molecule has 3 unspecified atom stereocenters. The van der Waals surface area contributed by atoms with Gasteiger partial charge in [0.25, 0.3) is 7.82 Å². The Bertz CT molecular complexity index is 1030. The van der Waals surface area contributed by atoms with E-state index in [1.54, 1.807) is 6.08 Å². The van der Waals surface area contributed by atoms with Gasteiger partial charge in [0.15, 0.2) is 0 Å². The van der Waals surface area contributed by atoms with Crippen LogP contribution in [0.5, 0.6) is 0 Å². The molecule has 1 amide bonds. The van der Waals surface area contributed by atoms with Crippen LogP contribution in [-0.4, -0.2) is 68.5 Å². The number of aliphatic hydroxyl groups excluding tert-OH is 1. The Hall–Kier alpha value is -1.28. The number of carbonyl (C=O) groups excluding carboxylic acids is 1. The highest BCUT2D eigenvalue weighted by molar-refractivity contribution is 7.45. The van der Waals surface area contributed by atoms with Crippen molar-refractivity contribution in [3.63, 3.8) is 0 Å². The molecule has 0 heterocycles. The summed E-state index contributed by atoms with van der Waals surface area (Å²) in [6.07, 6.45) is 49.0. The second kappa shape index (κ2) is 40.1. The molecule has 9 heteroatoms. The molecule has 0 rings (SSSR count). The molecule has 0 aliphatic rings. The number of nitrogens with zero attached hydrogens (tertiary/aromatic N) is 1. The molecule has 3 atom stereocenters. The van der Waals surface area contributed by atoms with E-state index < -0.39 is 20.0 Å². The van der Waals surface area contributed by atoms with E-state index >= 15 is 0 Å². The van der Waals surface area contributed by atoms with Crippen LogP contribution in [0.25, 0.3) is 0 Å². The summed E-state index contributed by atoms with van der Waals surface area (Å²) in [6.45, 7) is 4.62. The molecule has 0 saturated carbocycles. The van der Waals surface area contributed by atoms with Crippen molar-refractivity contribution in [1.82, 2.24) is 5.32 Å². The molecule has 0 aromatic rings. The zero-order valence-corrected chi connectivity index (χ0v) is 38.9. The van der Waals surface area contributed by atoms with Gasteiger partial charge in [-0.05, 0) is 51.4 Å². The summed E-state index contributed by atoms with van der Waals surface area (Å²) in [5.41, 5.74) is 0. The van der Waals surface area contributed by atoms with E-state index in [2.05, 4.69) is 43.5 Å². The van der Waals surface area contributed by atoms with Crippen molar-refractivity contribution in [2.75, 3.05) is 40.9 Å². The van der Waals surface area contributed by atoms with Gasteiger partial charge >= 0.3 is 0 Å². The third kappa shape index (κ3) is 42.6. The number of aliphatic hydroxyl groups is 1. The Morgan fingerprint density at radius 2 is 1.02 bits per heavy atom. The lowest BCUT2D eigenvalue weighted by Crippen LogP contribution is -2.45. The number of phosphoric ester groups is 1. The Labute approximate surface area is 353 Å². The smallest absolute Gasteiger partial charge is 0.268 e. The lowest BCUT2D eigenvalue weighted by atomic mass is 10.0. The zero-order chi connectivity index (χ0) is 42.1. The molecular weight excluding hydrogens is 732 g/mol. The predicted molar refractivity (Wildman–Crippen MR) is 242 cm³/mol. The highest BCUT2D eigenvalue weighted by Crippen LogP contribution is 2.38. The molecule has 0 aromatic carbocycles. The van der Waals surface area contributed by atoms with E-state index in [1.165, 1.54) is 128 Å². The average molecular weight is 825 g/mol. The highest BCUT2D eigenvalue weighted by atomic mass is 31.2. The molecular formula is C48H93N2O6P. The molecule has 0 aliphatic carbocycles. The Morgan fingerprint density at radius 3 is 1.49 bits per heavy atom. The summed E-state index contributed by atoms with van der Waals surface area (Å²) >= 11 is 0. The number of amides is 1. The van der Waals surface area contributed by atoms with Crippen molar-refractivity contribution in [1.29, 1.82) is 0 Å². The summed E-state index contributed by atoms with van der Waals surface area (Å²) in [6, 6.07) is -0.892. The summed E-state index contributed by atoms with van der Waals surface area (Å²) in [5.74, 6) is -0.211. The van der Waals surface area contributed by atoms with Gasteiger partial charge in [-0.2, -0.15) is 0 Å². The summed E-state index contributed by atoms with van der Waals surface area (Å²) in [7, 11) is 1.25. The number of unbranched alkanes of at least 4 members (excludes halogenated alkanes) is 26. The highest BCUT2D eigenvalue weighted by Gasteiger charge is 2.23. The first-order valence-electron chi connectivity index (χ1n) is 23.9. The van der Waals surface area contributed by atoms with E-state index in [0.717, 1.165) is 64.2 Å². The van der Waals surface area contributed by atoms with Gasteiger partial charge in [0, 0.05) is 6.42 Å². The van der Waals surface area contributed by atoms with Gasteiger partial charge in [-0.15, -0.1) is 0 Å². The molecule has 57 heavy (non-hydrogen) atoms. The van der Waals surface area contributed by atoms with Gasteiger partial charge in [0.2, 0.25) is 5.91 Å². The lowest BCUT2D eigenvalue weighted by Gasteiger charge is -2.29. The molecule has 336 valence electrons. The number of carbonyl (C=O) groups is 1. The minimum absolute atomic E-state index is 0.00398. The van der Waals surface area contributed by atoms with E-state index in [-0.39, 0.29) is 19.1 Å². The number of phosphoric acid groups is 1. The van der Waals surface area contributed by atoms with Crippen molar-refractivity contribution >= 4 is 13.7 Å². The van der Waals surface area contributed by atoms with Crippen LogP contribution in [0.1, 0.15) is 213 Å². The fourth-order valence-corrected chi connectivity index (χ4v) is 7.49. The first kappa shape index (κ1) is 55.7. The maximum atomic E-state index is 12.9. The lowest BCUT2D eigenvalue weighted by molar-refractivity contribution is -0.870. The Balaban J connectivity index is 4.38. The molecule has 0 aliphatic heterocycles. The van der Waals surface area contributed by atoms with Gasteiger partial charge in [-0.3, -0.25) is 9.36 Å². The minimum Gasteiger partial charge on any atom is -0.756 e. The number of hydrogen-bond acceptors (Lipinski definition) is 6. The average Bonchev–Trinajstić information content (AvgIpc) is 3.16. The molecule has 0 radical (unpaired) electrons. The second-order valence-corrected chi connectivity index (χ2v) is 18.9. The van der Waals surface area contributed by atoms with Gasteiger partial charge in [-0.25, -0.2) is 0 Å². The van der Waals surface area contributed by atoms with Crippen molar-refractivity contribution in [2.45, 2.75) is 225 Å². The topological polar surface area (TPSA) is 108 Å². The SMILES string of the molecule is CCCCC/C=C\C/C=C\CCCCCCCC(=O)NC(COP(=O)([O-])OCC[N+](C)(C)C)C(O)/C=C/CCCCCCCCCCCCCCCCCCCC.